The Morgan fingerprint density at radius 3 is 2.06 bits per heavy atom. The van der Waals surface area contributed by atoms with E-state index in [2.05, 4.69) is 37.2 Å². The summed E-state index contributed by atoms with van der Waals surface area (Å²) in [5.74, 6) is -1.06. The Bertz CT molecular complexity index is 1070. The average Bonchev–Trinajstić information content (AvgIpc) is 3.32. The summed E-state index contributed by atoms with van der Waals surface area (Å²) in [5, 5.41) is 2.92. The largest absolute Gasteiger partial charge is 0.322 e. The van der Waals surface area contributed by atoms with Crippen LogP contribution in [0.3, 0.4) is 0 Å². The number of carbonyl (C=O) groups excluding carboxylic acids is 3. The lowest BCUT2D eigenvalue weighted by Gasteiger charge is -2.28. The smallest absolute Gasteiger partial charge is 0.257 e. The number of fused-ring (bicyclic) bond motifs is 5. The van der Waals surface area contributed by atoms with Crippen LogP contribution in [0.25, 0.3) is 0 Å². The van der Waals surface area contributed by atoms with Gasteiger partial charge in [0.2, 0.25) is 11.8 Å². The third-order valence-electron chi connectivity index (χ3n) is 6.86. The SMILES string of the molecule is Cc1cc(C)cc(NC(=O)c2ccccc2N2C(=O)[C@@H]3[C@H]4C[C@@H]([C@H](Br)[C@H]4Br)[C@@H]3C2=O)c1. The molecule has 1 heterocycles. The van der Waals surface area contributed by atoms with Crippen molar-refractivity contribution < 1.29 is 14.4 Å². The second-order valence-corrected chi connectivity index (χ2v) is 11.0. The number of nitrogens with zero attached hydrogens (tertiary/aromatic N) is 1. The highest BCUT2D eigenvalue weighted by atomic mass is 79.9. The van der Waals surface area contributed by atoms with Gasteiger partial charge < -0.3 is 5.32 Å². The maximum atomic E-state index is 13.4. The van der Waals surface area contributed by atoms with E-state index in [-0.39, 0.29) is 51.0 Å². The zero-order valence-corrected chi connectivity index (χ0v) is 20.3. The summed E-state index contributed by atoms with van der Waals surface area (Å²) < 4.78 is 0. The third-order valence-corrected chi connectivity index (χ3v) is 10.1. The predicted molar refractivity (Wildman–Crippen MR) is 127 cm³/mol. The van der Waals surface area contributed by atoms with Crippen LogP contribution in [0.1, 0.15) is 27.9 Å². The second-order valence-electron chi connectivity index (χ2n) is 8.86. The van der Waals surface area contributed by atoms with Crippen LogP contribution in [0.4, 0.5) is 11.4 Å². The predicted octanol–water partition coefficient (Wildman–Crippen LogP) is 4.84. The van der Waals surface area contributed by atoms with Gasteiger partial charge in [0.1, 0.15) is 0 Å². The first-order valence-corrected chi connectivity index (χ1v) is 12.3. The molecule has 31 heavy (non-hydrogen) atoms. The Kier molecular flexibility index (Phi) is 5.09. The monoisotopic (exact) mass is 544 g/mol. The van der Waals surface area contributed by atoms with E-state index in [1.807, 2.05) is 32.0 Å². The molecule has 0 spiro atoms. The summed E-state index contributed by atoms with van der Waals surface area (Å²) in [7, 11) is 0. The zero-order valence-electron chi connectivity index (χ0n) is 17.1. The van der Waals surface area contributed by atoms with Gasteiger partial charge in [0.15, 0.2) is 0 Å². The van der Waals surface area contributed by atoms with Crippen molar-refractivity contribution in [2.24, 2.45) is 23.7 Å². The summed E-state index contributed by atoms with van der Waals surface area (Å²) in [6.45, 7) is 3.94. The first kappa shape index (κ1) is 20.9. The van der Waals surface area contributed by atoms with Gasteiger partial charge in [0, 0.05) is 15.3 Å². The van der Waals surface area contributed by atoms with Gasteiger partial charge in [-0.25, -0.2) is 4.90 Å². The summed E-state index contributed by atoms with van der Waals surface area (Å²) in [6.07, 6.45) is 0.876. The molecule has 2 aromatic carbocycles. The molecule has 160 valence electrons. The van der Waals surface area contributed by atoms with Crippen LogP contribution < -0.4 is 10.2 Å². The summed E-state index contributed by atoms with van der Waals surface area (Å²) >= 11 is 7.43. The normalized spacial score (nSPS) is 31.3. The fourth-order valence-electron chi connectivity index (χ4n) is 5.69. The van der Waals surface area contributed by atoms with Crippen LogP contribution in [0.15, 0.2) is 42.5 Å². The van der Waals surface area contributed by atoms with Crippen LogP contribution in [0, 0.1) is 37.5 Å². The summed E-state index contributed by atoms with van der Waals surface area (Å²) in [4.78, 5) is 41.6. The molecule has 0 unspecified atom stereocenters. The molecule has 1 saturated heterocycles. The maximum Gasteiger partial charge on any atom is 0.257 e. The number of para-hydroxylation sites is 1. The fourth-order valence-corrected chi connectivity index (χ4v) is 7.57. The molecule has 5 nitrogen and oxygen atoms in total. The Morgan fingerprint density at radius 2 is 1.48 bits per heavy atom. The van der Waals surface area contributed by atoms with Crippen molar-refractivity contribution in [1.82, 2.24) is 0 Å². The Hall–Kier alpha value is -1.99. The number of anilines is 2. The number of nitrogens with one attached hydrogen (secondary N) is 1. The number of alkyl halides is 2. The highest BCUT2D eigenvalue weighted by Gasteiger charge is 2.66. The Morgan fingerprint density at radius 1 is 0.935 bits per heavy atom. The molecule has 2 saturated carbocycles. The summed E-state index contributed by atoms with van der Waals surface area (Å²) in [5.41, 5.74) is 3.47. The van der Waals surface area contributed by atoms with Crippen molar-refractivity contribution in [3.05, 3.63) is 59.2 Å². The van der Waals surface area contributed by atoms with E-state index in [4.69, 9.17) is 0 Å². The number of carbonyl (C=O) groups is 3. The van der Waals surface area contributed by atoms with Crippen LogP contribution in [0.2, 0.25) is 0 Å². The van der Waals surface area contributed by atoms with E-state index in [1.165, 1.54) is 4.90 Å². The van der Waals surface area contributed by atoms with Gasteiger partial charge in [0.05, 0.1) is 23.1 Å². The standard InChI is InChI=1S/C24H22Br2N2O3/c1-11-7-12(2)9-13(8-11)27-22(29)14-5-3-4-6-17(14)28-23(30)18-15-10-16(19(18)24(28)31)21(26)20(15)25/h3-9,15-16,18-21H,10H2,1-2H3,(H,27,29)/t15-,16-,18-,19+,20+,21+/m1/s1. The van der Waals surface area contributed by atoms with Crippen molar-refractivity contribution in [3.63, 3.8) is 0 Å². The number of hydrogen-bond donors (Lipinski definition) is 1. The molecule has 2 aromatic rings. The number of benzene rings is 2. The van der Waals surface area contributed by atoms with Crippen LogP contribution in [-0.2, 0) is 9.59 Å². The van der Waals surface area contributed by atoms with Gasteiger partial charge in [-0.05, 0) is 67.5 Å². The Labute approximate surface area is 197 Å². The first-order chi connectivity index (χ1) is 14.8. The van der Waals surface area contributed by atoms with E-state index >= 15 is 0 Å². The zero-order chi connectivity index (χ0) is 22.0. The van der Waals surface area contributed by atoms with Crippen molar-refractivity contribution in [1.29, 1.82) is 0 Å². The maximum absolute atomic E-state index is 13.4. The number of rotatable bonds is 3. The molecule has 3 aliphatic rings. The van der Waals surface area contributed by atoms with Crippen molar-refractivity contribution >= 4 is 61.0 Å². The minimum atomic E-state index is -0.335. The molecule has 7 heteroatoms. The lowest BCUT2D eigenvalue weighted by Crippen LogP contribution is -2.37. The van der Waals surface area contributed by atoms with Crippen molar-refractivity contribution in [2.45, 2.75) is 29.9 Å². The second kappa shape index (κ2) is 7.55. The fraction of sp³-hybridized carbons (Fsp3) is 0.375. The molecule has 6 atom stereocenters. The number of hydrogen-bond acceptors (Lipinski definition) is 3. The van der Waals surface area contributed by atoms with Crippen LogP contribution >= 0.6 is 31.9 Å². The van der Waals surface area contributed by atoms with Gasteiger partial charge in [-0.3, -0.25) is 14.4 Å². The highest BCUT2D eigenvalue weighted by molar-refractivity contribution is 9.12. The minimum Gasteiger partial charge on any atom is -0.322 e. The lowest BCUT2D eigenvalue weighted by atomic mass is 9.81. The molecule has 0 radical (unpaired) electrons. The lowest BCUT2D eigenvalue weighted by molar-refractivity contribution is -0.123. The quantitative estimate of drug-likeness (QED) is 0.443. The average molecular weight is 546 g/mol. The van der Waals surface area contributed by atoms with Crippen LogP contribution in [0.5, 0.6) is 0 Å². The molecule has 0 aromatic heterocycles. The molecular formula is C24H22Br2N2O3. The summed E-state index contributed by atoms with van der Waals surface area (Å²) in [6, 6.07) is 12.7. The van der Waals surface area contributed by atoms with E-state index in [0.29, 0.717) is 16.9 Å². The molecule has 3 amide bonds. The molecule has 2 aliphatic carbocycles. The van der Waals surface area contributed by atoms with Crippen LogP contribution in [-0.4, -0.2) is 27.4 Å². The molecule has 1 aliphatic heterocycles. The van der Waals surface area contributed by atoms with E-state index in [9.17, 15) is 14.4 Å². The highest BCUT2D eigenvalue weighted by Crippen LogP contribution is 2.60. The number of imide groups is 1. The third kappa shape index (κ3) is 3.20. The number of aryl methyl sites for hydroxylation is 2. The molecule has 2 bridgehead atoms. The molecule has 1 N–H and O–H groups in total. The van der Waals surface area contributed by atoms with Crippen molar-refractivity contribution in [2.75, 3.05) is 10.2 Å². The van der Waals surface area contributed by atoms with E-state index in [1.54, 1.807) is 24.3 Å². The van der Waals surface area contributed by atoms with E-state index in [0.717, 1.165) is 17.5 Å². The van der Waals surface area contributed by atoms with Gasteiger partial charge >= 0.3 is 0 Å². The van der Waals surface area contributed by atoms with Gasteiger partial charge in [-0.2, -0.15) is 0 Å². The van der Waals surface area contributed by atoms with Gasteiger partial charge in [-0.15, -0.1) is 0 Å². The Balaban J connectivity index is 1.48. The van der Waals surface area contributed by atoms with Gasteiger partial charge in [0.25, 0.3) is 5.91 Å². The first-order valence-electron chi connectivity index (χ1n) is 10.4. The topological polar surface area (TPSA) is 66.5 Å². The van der Waals surface area contributed by atoms with E-state index < -0.39 is 0 Å². The molecular weight excluding hydrogens is 524 g/mol. The molecule has 5 rings (SSSR count). The molecule has 3 fully saturated rings. The van der Waals surface area contributed by atoms with Crippen molar-refractivity contribution in [3.8, 4) is 0 Å². The van der Waals surface area contributed by atoms with Gasteiger partial charge in [-0.1, -0.05) is 50.1 Å². The number of amides is 3. The number of halogens is 2. The minimum absolute atomic E-state index is 0.136.